The minimum atomic E-state index is -4.92. The second kappa shape index (κ2) is 4.63. The van der Waals surface area contributed by atoms with E-state index in [0.29, 0.717) is 10.9 Å². The number of nitrogens with zero attached hydrogens (tertiary/aromatic N) is 1. The Bertz CT molecular complexity index is 478. The number of halogens is 3. The van der Waals surface area contributed by atoms with Crippen molar-refractivity contribution in [1.29, 1.82) is 0 Å². The van der Waals surface area contributed by atoms with Crippen LogP contribution >= 0.6 is 0 Å². The zero-order valence-electron chi connectivity index (χ0n) is 8.55. The molecule has 2 aromatic rings. The molecule has 0 unspecified atom stereocenters. The third-order valence-corrected chi connectivity index (χ3v) is 2.32. The summed E-state index contributed by atoms with van der Waals surface area (Å²) in [5.41, 5.74) is 0.0629. The SMILES string of the molecule is Cn1c([B-](F)(F)F)cc2ccccc21.[K+]. The van der Waals surface area contributed by atoms with Crippen LogP contribution in [0, 0.1) is 0 Å². The fourth-order valence-corrected chi connectivity index (χ4v) is 1.62. The first-order valence-electron chi connectivity index (χ1n) is 4.24. The summed E-state index contributed by atoms with van der Waals surface area (Å²) in [6, 6.07) is 8.02. The van der Waals surface area contributed by atoms with E-state index in [9.17, 15) is 12.9 Å². The summed E-state index contributed by atoms with van der Waals surface area (Å²) < 4.78 is 38.8. The first-order valence-corrected chi connectivity index (χ1v) is 4.24. The Morgan fingerprint density at radius 2 is 1.73 bits per heavy atom. The zero-order chi connectivity index (χ0) is 10.3. The molecule has 1 nitrogen and oxygen atoms in total. The van der Waals surface area contributed by atoms with Crippen molar-refractivity contribution in [2.75, 3.05) is 0 Å². The number of aryl methyl sites for hydroxylation is 1. The molecular weight excluding hydrogens is 229 g/mol. The van der Waals surface area contributed by atoms with Gasteiger partial charge < -0.3 is 17.5 Å². The fraction of sp³-hybridized carbons (Fsp3) is 0.111. The van der Waals surface area contributed by atoms with Crippen molar-refractivity contribution < 1.29 is 64.3 Å². The smallest absolute Gasteiger partial charge is 0.444 e. The van der Waals surface area contributed by atoms with Crippen molar-refractivity contribution >= 4 is 23.5 Å². The molecule has 0 N–H and O–H groups in total. The van der Waals surface area contributed by atoms with E-state index in [1.54, 1.807) is 24.3 Å². The Morgan fingerprint density at radius 3 is 2.27 bits per heavy atom. The fourth-order valence-electron chi connectivity index (χ4n) is 1.62. The molecule has 6 heteroatoms. The van der Waals surface area contributed by atoms with Crippen LogP contribution in [0.2, 0.25) is 0 Å². The molecule has 15 heavy (non-hydrogen) atoms. The second-order valence-electron chi connectivity index (χ2n) is 3.26. The molecule has 1 aromatic heterocycles. The van der Waals surface area contributed by atoms with Gasteiger partial charge in [-0.25, -0.2) is 0 Å². The summed E-state index contributed by atoms with van der Waals surface area (Å²) in [7, 11) is 1.44. The summed E-state index contributed by atoms with van der Waals surface area (Å²) in [6.45, 7) is -4.92. The molecule has 0 saturated heterocycles. The van der Waals surface area contributed by atoms with Gasteiger partial charge in [-0.15, -0.1) is 0 Å². The van der Waals surface area contributed by atoms with Gasteiger partial charge in [0.15, 0.2) is 0 Å². The molecule has 1 aromatic carbocycles. The van der Waals surface area contributed by atoms with Crippen LogP contribution in [0.4, 0.5) is 12.9 Å². The molecule has 0 aliphatic carbocycles. The normalized spacial score (nSPS) is 11.5. The first kappa shape index (κ1) is 13.3. The number of rotatable bonds is 1. The molecular formula is C9H8BF3KN. The van der Waals surface area contributed by atoms with Crippen molar-refractivity contribution in [3.05, 3.63) is 30.3 Å². The van der Waals surface area contributed by atoms with E-state index >= 15 is 0 Å². The van der Waals surface area contributed by atoms with Crippen molar-refractivity contribution in [2.24, 2.45) is 7.05 Å². The third kappa shape index (κ3) is 2.50. The summed E-state index contributed by atoms with van der Waals surface area (Å²) >= 11 is 0. The summed E-state index contributed by atoms with van der Waals surface area (Å²) in [6.07, 6.45) is 0. The van der Waals surface area contributed by atoms with Gasteiger partial charge in [-0.05, 0) is 17.0 Å². The average molecular weight is 237 g/mol. The van der Waals surface area contributed by atoms with Gasteiger partial charge in [-0.2, -0.15) is 0 Å². The van der Waals surface area contributed by atoms with E-state index in [1.165, 1.54) is 17.7 Å². The number of para-hydroxylation sites is 1. The van der Waals surface area contributed by atoms with Crippen LogP contribution in [0.1, 0.15) is 0 Å². The number of aromatic nitrogens is 1. The van der Waals surface area contributed by atoms with Crippen LogP contribution in [-0.2, 0) is 7.05 Å². The molecule has 0 radical (unpaired) electrons. The summed E-state index contributed by atoms with van der Waals surface area (Å²) in [4.78, 5) is 0. The molecule has 0 bridgehead atoms. The zero-order valence-corrected chi connectivity index (χ0v) is 11.7. The van der Waals surface area contributed by atoms with E-state index in [1.807, 2.05) is 0 Å². The van der Waals surface area contributed by atoms with Crippen LogP contribution in [0.5, 0.6) is 0 Å². The molecule has 0 fully saturated rings. The van der Waals surface area contributed by atoms with Gasteiger partial charge in [0.05, 0.1) is 0 Å². The van der Waals surface area contributed by atoms with E-state index in [-0.39, 0.29) is 51.4 Å². The van der Waals surface area contributed by atoms with Gasteiger partial charge in [0, 0.05) is 12.6 Å². The largest absolute Gasteiger partial charge is 1.00 e. The van der Waals surface area contributed by atoms with Crippen molar-refractivity contribution in [1.82, 2.24) is 4.57 Å². The van der Waals surface area contributed by atoms with Crippen molar-refractivity contribution in [2.45, 2.75) is 0 Å². The first-order chi connectivity index (χ1) is 6.50. The van der Waals surface area contributed by atoms with Crippen LogP contribution in [-0.4, -0.2) is 11.5 Å². The Kier molecular flexibility index (Phi) is 4.11. The quantitative estimate of drug-likeness (QED) is 0.574. The van der Waals surface area contributed by atoms with E-state index in [2.05, 4.69) is 0 Å². The predicted octanol–water partition coefficient (Wildman–Crippen LogP) is -0.763. The number of hydrogen-bond acceptors (Lipinski definition) is 0. The van der Waals surface area contributed by atoms with Gasteiger partial charge in [0.2, 0.25) is 0 Å². The maximum absolute atomic E-state index is 12.5. The van der Waals surface area contributed by atoms with Crippen molar-refractivity contribution in [3.8, 4) is 0 Å². The summed E-state index contributed by atoms with van der Waals surface area (Å²) in [5.74, 6) is 0. The number of fused-ring (bicyclic) bond motifs is 1. The van der Waals surface area contributed by atoms with E-state index < -0.39 is 12.6 Å². The van der Waals surface area contributed by atoms with Gasteiger partial charge in [0.25, 0.3) is 0 Å². The van der Waals surface area contributed by atoms with E-state index in [0.717, 1.165) is 0 Å². The molecule has 0 saturated carbocycles. The van der Waals surface area contributed by atoms with Gasteiger partial charge in [-0.1, -0.05) is 24.3 Å². The minimum absolute atomic E-state index is 0. The van der Waals surface area contributed by atoms with Gasteiger partial charge >= 0.3 is 58.4 Å². The number of hydrogen-bond donors (Lipinski definition) is 0. The maximum Gasteiger partial charge on any atom is 1.00 e. The maximum atomic E-state index is 12.5. The van der Waals surface area contributed by atoms with Crippen LogP contribution < -0.4 is 57.0 Å². The van der Waals surface area contributed by atoms with Crippen LogP contribution in [0.3, 0.4) is 0 Å². The minimum Gasteiger partial charge on any atom is -0.444 e. The predicted molar refractivity (Wildman–Crippen MR) is 51.6 cm³/mol. The van der Waals surface area contributed by atoms with Crippen LogP contribution in [0.15, 0.2) is 30.3 Å². The molecule has 74 valence electrons. The monoisotopic (exact) mass is 237 g/mol. The average Bonchev–Trinajstić information content (AvgIpc) is 2.44. The van der Waals surface area contributed by atoms with Gasteiger partial charge in [-0.3, -0.25) is 0 Å². The second-order valence-corrected chi connectivity index (χ2v) is 3.26. The van der Waals surface area contributed by atoms with Crippen LogP contribution in [0.25, 0.3) is 10.9 Å². The summed E-state index contributed by atoms with van der Waals surface area (Å²) in [5, 5.41) is 0.629. The van der Waals surface area contributed by atoms with E-state index in [4.69, 9.17) is 0 Å². The van der Waals surface area contributed by atoms with Gasteiger partial charge in [0.1, 0.15) is 0 Å². The molecule has 2 rings (SSSR count). The molecule has 0 aliphatic rings. The standard InChI is InChI=1S/C9H8BF3N.K/c1-14-8-5-3-2-4-7(8)6-9(14)10(11,12)13;/h2-6H,1H3;/q-1;+1. The Labute approximate surface area is 128 Å². The Hall–Kier alpha value is 0.251. The molecule has 1 heterocycles. The molecule has 0 atom stereocenters. The Balaban J connectivity index is 0.00000112. The topological polar surface area (TPSA) is 4.93 Å². The molecule has 0 amide bonds. The number of benzene rings is 1. The Morgan fingerprint density at radius 1 is 1.13 bits per heavy atom. The third-order valence-electron chi connectivity index (χ3n) is 2.32. The molecule has 0 aliphatic heterocycles. The molecule has 0 spiro atoms. The van der Waals surface area contributed by atoms with Crippen molar-refractivity contribution in [3.63, 3.8) is 0 Å².